The van der Waals surface area contributed by atoms with Crippen LogP contribution in [0.25, 0.3) is 0 Å². The van der Waals surface area contributed by atoms with Crippen molar-refractivity contribution in [3.63, 3.8) is 0 Å². The van der Waals surface area contributed by atoms with Gasteiger partial charge >= 0.3 is 0 Å². The summed E-state index contributed by atoms with van der Waals surface area (Å²) in [5.41, 5.74) is 6.92. The maximum atomic E-state index is 12.0. The molecule has 1 amide bonds. The fourth-order valence-electron chi connectivity index (χ4n) is 1.95. The van der Waals surface area contributed by atoms with Gasteiger partial charge in [-0.15, -0.1) is 0 Å². The zero-order chi connectivity index (χ0) is 12.3. The summed E-state index contributed by atoms with van der Waals surface area (Å²) in [5, 5.41) is 2.94. The van der Waals surface area contributed by atoms with Crippen LogP contribution in [-0.2, 0) is 4.74 Å². The third-order valence-electron chi connectivity index (χ3n) is 2.73. The second kappa shape index (κ2) is 5.14. The number of hydrogen-bond donors (Lipinski definition) is 2. The summed E-state index contributed by atoms with van der Waals surface area (Å²) in [6, 6.07) is 3.42. The molecule has 5 heteroatoms. The second-order valence-electron chi connectivity index (χ2n) is 4.31. The number of nitrogens with one attached hydrogen (secondary N) is 1. The third kappa shape index (κ3) is 3.17. The van der Waals surface area contributed by atoms with Gasteiger partial charge in [-0.05, 0) is 31.9 Å². The molecule has 0 radical (unpaired) electrons. The SMILES string of the molecule is Cc1cc(C(=O)NC2CCCOC2)cc(N)n1. The lowest BCUT2D eigenvalue weighted by Gasteiger charge is -2.23. The summed E-state index contributed by atoms with van der Waals surface area (Å²) >= 11 is 0. The first-order valence-electron chi connectivity index (χ1n) is 5.78. The van der Waals surface area contributed by atoms with E-state index in [1.54, 1.807) is 12.1 Å². The van der Waals surface area contributed by atoms with Crippen molar-refractivity contribution in [2.24, 2.45) is 0 Å². The van der Waals surface area contributed by atoms with E-state index in [0.717, 1.165) is 25.1 Å². The number of nitrogens with zero attached hydrogens (tertiary/aromatic N) is 1. The average molecular weight is 235 g/mol. The second-order valence-corrected chi connectivity index (χ2v) is 4.31. The van der Waals surface area contributed by atoms with Crippen molar-refractivity contribution in [2.45, 2.75) is 25.8 Å². The summed E-state index contributed by atoms with van der Waals surface area (Å²) in [5.74, 6) is 0.257. The van der Waals surface area contributed by atoms with Gasteiger partial charge in [0.15, 0.2) is 0 Å². The van der Waals surface area contributed by atoms with Crippen LogP contribution < -0.4 is 11.1 Å². The van der Waals surface area contributed by atoms with Gasteiger partial charge in [-0.2, -0.15) is 0 Å². The van der Waals surface area contributed by atoms with E-state index in [1.165, 1.54) is 0 Å². The first kappa shape index (κ1) is 11.9. The number of nitrogens with two attached hydrogens (primary N) is 1. The van der Waals surface area contributed by atoms with E-state index in [-0.39, 0.29) is 11.9 Å². The molecule has 1 unspecified atom stereocenters. The number of pyridine rings is 1. The minimum absolute atomic E-state index is 0.103. The maximum Gasteiger partial charge on any atom is 0.251 e. The van der Waals surface area contributed by atoms with E-state index in [2.05, 4.69) is 10.3 Å². The Morgan fingerprint density at radius 3 is 3.06 bits per heavy atom. The Morgan fingerprint density at radius 1 is 1.59 bits per heavy atom. The minimum atomic E-state index is -0.113. The van der Waals surface area contributed by atoms with Crippen LogP contribution in [0.3, 0.4) is 0 Å². The first-order valence-corrected chi connectivity index (χ1v) is 5.78. The molecule has 5 nitrogen and oxygen atoms in total. The van der Waals surface area contributed by atoms with Crippen molar-refractivity contribution in [2.75, 3.05) is 18.9 Å². The van der Waals surface area contributed by atoms with E-state index in [9.17, 15) is 4.79 Å². The Morgan fingerprint density at radius 2 is 2.41 bits per heavy atom. The largest absolute Gasteiger partial charge is 0.384 e. The Labute approximate surface area is 100 Å². The molecule has 1 atom stereocenters. The third-order valence-corrected chi connectivity index (χ3v) is 2.73. The number of carbonyl (C=O) groups excluding carboxylic acids is 1. The minimum Gasteiger partial charge on any atom is -0.384 e. The van der Waals surface area contributed by atoms with Crippen molar-refractivity contribution < 1.29 is 9.53 Å². The van der Waals surface area contributed by atoms with Gasteiger partial charge in [0.1, 0.15) is 5.82 Å². The van der Waals surface area contributed by atoms with Gasteiger partial charge in [-0.25, -0.2) is 4.98 Å². The fraction of sp³-hybridized carbons (Fsp3) is 0.500. The van der Waals surface area contributed by atoms with Crippen LogP contribution in [0.5, 0.6) is 0 Å². The molecule has 3 N–H and O–H groups in total. The van der Waals surface area contributed by atoms with Gasteiger partial charge in [-0.3, -0.25) is 4.79 Å². The standard InChI is InChI=1S/C12H17N3O2/c1-8-5-9(6-11(13)14-8)12(16)15-10-3-2-4-17-7-10/h5-6,10H,2-4,7H2,1H3,(H2,13,14)(H,15,16). The van der Waals surface area contributed by atoms with E-state index in [4.69, 9.17) is 10.5 Å². The van der Waals surface area contributed by atoms with Crippen molar-refractivity contribution in [3.05, 3.63) is 23.4 Å². The van der Waals surface area contributed by atoms with Crippen molar-refractivity contribution >= 4 is 11.7 Å². The van der Waals surface area contributed by atoms with Crippen LogP contribution in [0.1, 0.15) is 28.9 Å². The summed E-state index contributed by atoms with van der Waals surface area (Å²) in [4.78, 5) is 16.0. The first-order chi connectivity index (χ1) is 8.15. The molecule has 0 bridgehead atoms. The molecule has 0 saturated carbocycles. The average Bonchev–Trinajstić information content (AvgIpc) is 2.29. The predicted octanol–water partition coefficient (Wildman–Crippen LogP) is 0.881. The number of ether oxygens (including phenoxy) is 1. The molecule has 0 aliphatic carbocycles. The van der Waals surface area contributed by atoms with E-state index in [0.29, 0.717) is 18.0 Å². The van der Waals surface area contributed by atoms with Crippen LogP contribution >= 0.6 is 0 Å². The van der Waals surface area contributed by atoms with Crippen molar-refractivity contribution in [1.29, 1.82) is 0 Å². The number of rotatable bonds is 2. The number of hydrogen-bond acceptors (Lipinski definition) is 4. The number of amides is 1. The monoisotopic (exact) mass is 235 g/mol. The van der Waals surface area contributed by atoms with Gasteiger partial charge in [0.2, 0.25) is 0 Å². The summed E-state index contributed by atoms with van der Waals surface area (Å²) in [7, 11) is 0. The zero-order valence-electron chi connectivity index (χ0n) is 9.90. The van der Waals surface area contributed by atoms with Crippen LogP contribution in [0, 0.1) is 6.92 Å². The summed E-state index contributed by atoms with van der Waals surface area (Å²) in [6.07, 6.45) is 1.95. The number of carbonyl (C=O) groups is 1. The molecule has 1 aromatic rings. The number of aryl methyl sites for hydroxylation is 1. The highest BCUT2D eigenvalue weighted by Crippen LogP contribution is 2.10. The van der Waals surface area contributed by atoms with Crippen molar-refractivity contribution in [3.8, 4) is 0 Å². The molecule has 17 heavy (non-hydrogen) atoms. The lowest BCUT2D eigenvalue weighted by Crippen LogP contribution is -2.40. The van der Waals surface area contributed by atoms with E-state index < -0.39 is 0 Å². The molecule has 1 saturated heterocycles. The molecule has 1 aliphatic rings. The highest BCUT2D eigenvalue weighted by molar-refractivity contribution is 5.95. The Balaban J connectivity index is 2.03. The van der Waals surface area contributed by atoms with Crippen LogP contribution in [-0.4, -0.2) is 30.1 Å². The molecule has 0 aromatic carbocycles. The van der Waals surface area contributed by atoms with Crippen LogP contribution in [0.2, 0.25) is 0 Å². The van der Waals surface area contributed by atoms with Crippen LogP contribution in [0.4, 0.5) is 5.82 Å². The van der Waals surface area contributed by atoms with E-state index in [1.807, 2.05) is 6.92 Å². The van der Waals surface area contributed by atoms with E-state index >= 15 is 0 Å². The Hall–Kier alpha value is -1.62. The normalized spacial score (nSPS) is 19.9. The van der Waals surface area contributed by atoms with Gasteiger partial charge in [0.05, 0.1) is 12.6 Å². The molecule has 1 aromatic heterocycles. The smallest absolute Gasteiger partial charge is 0.251 e. The molecule has 92 valence electrons. The van der Waals surface area contributed by atoms with Gasteiger partial charge < -0.3 is 15.8 Å². The maximum absolute atomic E-state index is 12.0. The van der Waals surface area contributed by atoms with Crippen LogP contribution in [0.15, 0.2) is 12.1 Å². The summed E-state index contributed by atoms with van der Waals surface area (Å²) in [6.45, 7) is 3.19. The molecule has 1 aliphatic heterocycles. The quantitative estimate of drug-likeness (QED) is 0.797. The molecular weight excluding hydrogens is 218 g/mol. The number of aromatic nitrogens is 1. The Bertz CT molecular complexity index is 394. The molecule has 2 rings (SSSR count). The molecular formula is C12H17N3O2. The topological polar surface area (TPSA) is 77.2 Å². The summed E-state index contributed by atoms with van der Waals surface area (Å²) < 4.78 is 5.31. The lowest BCUT2D eigenvalue weighted by molar-refractivity contribution is 0.0624. The number of anilines is 1. The molecule has 2 heterocycles. The fourth-order valence-corrected chi connectivity index (χ4v) is 1.95. The van der Waals surface area contributed by atoms with Gasteiger partial charge in [-0.1, -0.05) is 0 Å². The van der Waals surface area contributed by atoms with Gasteiger partial charge in [0.25, 0.3) is 5.91 Å². The highest BCUT2D eigenvalue weighted by Gasteiger charge is 2.17. The zero-order valence-corrected chi connectivity index (χ0v) is 9.90. The number of nitrogen functional groups attached to an aromatic ring is 1. The predicted molar refractivity (Wildman–Crippen MR) is 64.7 cm³/mol. The van der Waals surface area contributed by atoms with Crippen molar-refractivity contribution in [1.82, 2.24) is 10.3 Å². The molecule has 0 spiro atoms. The highest BCUT2D eigenvalue weighted by atomic mass is 16.5. The Kier molecular flexibility index (Phi) is 3.58. The lowest BCUT2D eigenvalue weighted by atomic mass is 10.1. The van der Waals surface area contributed by atoms with Gasteiger partial charge in [0, 0.05) is 17.9 Å². The molecule has 1 fully saturated rings.